The number of para-hydroxylation sites is 1. The van der Waals surface area contributed by atoms with E-state index in [-0.39, 0.29) is 5.69 Å². The lowest BCUT2D eigenvalue weighted by molar-refractivity contribution is -0.136. The first-order valence-corrected chi connectivity index (χ1v) is 9.63. The minimum atomic E-state index is -0.897. The lowest BCUT2D eigenvalue weighted by Gasteiger charge is -2.07. The second-order valence-electron chi connectivity index (χ2n) is 6.34. The highest BCUT2D eigenvalue weighted by atomic mass is 32.1. The van der Waals surface area contributed by atoms with Crippen LogP contribution in [0, 0.1) is 19.7 Å². The number of anilines is 1. The summed E-state index contributed by atoms with van der Waals surface area (Å²) in [6, 6.07) is 13.8. The van der Waals surface area contributed by atoms with E-state index in [4.69, 9.17) is 0 Å². The van der Waals surface area contributed by atoms with Gasteiger partial charge in [0.15, 0.2) is 0 Å². The molecule has 0 bridgehead atoms. The number of aryl methyl sites for hydroxylation is 2. The maximum absolute atomic E-state index is 13.5. The molecule has 0 saturated heterocycles. The lowest BCUT2D eigenvalue weighted by atomic mass is 10.1. The Bertz CT molecular complexity index is 1020. The Morgan fingerprint density at radius 3 is 2.61 bits per heavy atom. The highest BCUT2D eigenvalue weighted by molar-refractivity contribution is 7.15. The topological polar surface area (TPSA) is 71.1 Å². The monoisotopic (exact) mass is 397 g/mol. The minimum Gasteiger partial charge on any atom is -0.347 e. The third-order valence-electron chi connectivity index (χ3n) is 4.12. The molecule has 3 aromatic rings. The van der Waals surface area contributed by atoms with Gasteiger partial charge in [-0.15, -0.1) is 11.3 Å². The summed E-state index contributed by atoms with van der Waals surface area (Å²) in [6.45, 7) is 4.25. The highest BCUT2D eigenvalue weighted by Crippen LogP contribution is 2.28. The smallest absolute Gasteiger partial charge is 0.313 e. The van der Waals surface area contributed by atoms with Gasteiger partial charge in [-0.25, -0.2) is 9.37 Å². The molecule has 144 valence electrons. The van der Waals surface area contributed by atoms with E-state index in [2.05, 4.69) is 21.7 Å². The van der Waals surface area contributed by atoms with Crippen LogP contribution in [0.15, 0.2) is 48.5 Å². The van der Waals surface area contributed by atoms with E-state index in [0.29, 0.717) is 13.0 Å². The number of nitrogens with zero attached hydrogens (tertiary/aromatic N) is 1. The first-order chi connectivity index (χ1) is 13.4. The van der Waals surface area contributed by atoms with Crippen LogP contribution in [-0.2, 0) is 16.0 Å². The Balaban J connectivity index is 1.55. The fourth-order valence-corrected chi connectivity index (χ4v) is 3.73. The van der Waals surface area contributed by atoms with Gasteiger partial charge < -0.3 is 10.6 Å². The maximum Gasteiger partial charge on any atom is 0.313 e. The molecule has 0 aliphatic carbocycles. The normalized spacial score (nSPS) is 10.5. The number of rotatable bonds is 5. The van der Waals surface area contributed by atoms with Crippen molar-refractivity contribution in [3.8, 4) is 10.6 Å². The Hall–Kier alpha value is -3.06. The van der Waals surface area contributed by atoms with E-state index < -0.39 is 17.6 Å². The van der Waals surface area contributed by atoms with Crippen LogP contribution in [0.5, 0.6) is 0 Å². The van der Waals surface area contributed by atoms with E-state index in [1.165, 1.54) is 23.8 Å². The molecule has 0 fully saturated rings. The molecule has 2 aromatic carbocycles. The Morgan fingerprint density at radius 1 is 1.07 bits per heavy atom. The van der Waals surface area contributed by atoms with E-state index in [1.54, 1.807) is 17.4 Å². The van der Waals surface area contributed by atoms with Crippen LogP contribution in [0.25, 0.3) is 10.6 Å². The standard InChI is InChI=1S/C21H20FN3O2S/c1-13-6-5-7-15(12-13)21-24-14(2)18(28-21)10-11-23-19(26)20(27)25-17-9-4-3-8-16(17)22/h3-9,12H,10-11H2,1-2H3,(H,23,26)(H,25,27). The predicted octanol–water partition coefficient (Wildman–Crippen LogP) is 3.86. The Morgan fingerprint density at radius 2 is 1.86 bits per heavy atom. The summed E-state index contributed by atoms with van der Waals surface area (Å²) >= 11 is 1.57. The van der Waals surface area contributed by atoms with Crippen molar-refractivity contribution in [1.82, 2.24) is 10.3 Å². The molecule has 2 N–H and O–H groups in total. The van der Waals surface area contributed by atoms with Gasteiger partial charge in [0.2, 0.25) is 0 Å². The molecule has 0 spiro atoms. The number of carbonyl (C=O) groups excluding carboxylic acids is 2. The SMILES string of the molecule is Cc1cccc(-c2nc(C)c(CCNC(=O)C(=O)Nc3ccccc3F)s2)c1. The Labute approximate surface area is 166 Å². The van der Waals surface area contributed by atoms with Gasteiger partial charge >= 0.3 is 11.8 Å². The van der Waals surface area contributed by atoms with Crippen LogP contribution in [0.2, 0.25) is 0 Å². The van der Waals surface area contributed by atoms with Crippen molar-refractivity contribution < 1.29 is 14.0 Å². The minimum absolute atomic E-state index is 0.0243. The first kappa shape index (κ1) is 19.7. The van der Waals surface area contributed by atoms with Gasteiger partial charge in [-0.2, -0.15) is 0 Å². The number of carbonyl (C=O) groups is 2. The van der Waals surface area contributed by atoms with Crippen molar-refractivity contribution in [2.24, 2.45) is 0 Å². The summed E-state index contributed by atoms with van der Waals surface area (Å²) in [6.07, 6.45) is 0.564. The number of nitrogens with one attached hydrogen (secondary N) is 2. The largest absolute Gasteiger partial charge is 0.347 e. The molecule has 0 radical (unpaired) electrons. The van der Waals surface area contributed by atoms with Crippen LogP contribution >= 0.6 is 11.3 Å². The Kier molecular flexibility index (Phi) is 6.16. The average Bonchev–Trinajstić information content (AvgIpc) is 3.04. The molecule has 0 unspecified atom stereocenters. The first-order valence-electron chi connectivity index (χ1n) is 8.81. The van der Waals surface area contributed by atoms with Crippen molar-refractivity contribution in [2.75, 3.05) is 11.9 Å². The fourth-order valence-electron chi connectivity index (χ4n) is 2.67. The summed E-state index contributed by atoms with van der Waals surface area (Å²) in [5, 5.41) is 5.76. The fraction of sp³-hybridized carbons (Fsp3) is 0.190. The van der Waals surface area contributed by atoms with Gasteiger partial charge in [0.05, 0.1) is 11.4 Å². The van der Waals surface area contributed by atoms with Crippen molar-refractivity contribution >= 4 is 28.8 Å². The summed E-state index contributed by atoms with van der Waals surface area (Å²) in [5.74, 6) is -2.29. The predicted molar refractivity (Wildman–Crippen MR) is 109 cm³/mol. The number of thiazole rings is 1. The van der Waals surface area contributed by atoms with Crippen LogP contribution < -0.4 is 10.6 Å². The molecular weight excluding hydrogens is 377 g/mol. The van der Waals surface area contributed by atoms with E-state index in [1.807, 2.05) is 32.0 Å². The molecule has 7 heteroatoms. The molecule has 3 rings (SSSR count). The highest BCUT2D eigenvalue weighted by Gasteiger charge is 2.16. The van der Waals surface area contributed by atoms with E-state index >= 15 is 0 Å². The number of hydrogen-bond acceptors (Lipinski definition) is 4. The van der Waals surface area contributed by atoms with Gasteiger partial charge in [0, 0.05) is 23.4 Å². The van der Waals surface area contributed by atoms with E-state index in [9.17, 15) is 14.0 Å². The molecule has 1 heterocycles. The molecule has 0 atom stereocenters. The molecule has 0 aliphatic heterocycles. The number of amides is 2. The maximum atomic E-state index is 13.5. The molecule has 28 heavy (non-hydrogen) atoms. The van der Waals surface area contributed by atoms with Crippen LogP contribution in [0.1, 0.15) is 16.1 Å². The summed E-state index contributed by atoms with van der Waals surface area (Å²) < 4.78 is 13.5. The third-order valence-corrected chi connectivity index (χ3v) is 5.39. The molecule has 0 aliphatic rings. The van der Waals surface area contributed by atoms with Gasteiger partial charge in [-0.05, 0) is 32.0 Å². The zero-order valence-corrected chi connectivity index (χ0v) is 16.4. The lowest BCUT2D eigenvalue weighted by Crippen LogP contribution is -2.36. The van der Waals surface area contributed by atoms with Gasteiger partial charge in [-0.1, -0.05) is 35.9 Å². The number of benzene rings is 2. The zero-order valence-electron chi connectivity index (χ0n) is 15.6. The number of halogens is 1. The average molecular weight is 397 g/mol. The quantitative estimate of drug-likeness (QED) is 0.642. The van der Waals surface area contributed by atoms with Crippen molar-refractivity contribution in [1.29, 1.82) is 0 Å². The van der Waals surface area contributed by atoms with Gasteiger partial charge in [0.1, 0.15) is 10.8 Å². The second kappa shape index (κ2) is 8.75. The molecule has 5 nitrogen and oxygen atoms in total. The van der Waals surface area contributed by atoms with Crippen molar-refractivity contribution in [3.05, 3.63) is 70.5 Å². The van der Waals surface area contributed by atoms with Crippen LogP contribution in [0.3, 0.4) is 0 Å². The molecule has 0 saturated carbocycles. The van der Waals surface area contributed by atoms with Crippen molar-refractivity contribution in [2.45, 2.75) is 20.3 Å². The van der Waals surface area contributed by atoms with Crippen LogP contribution in [-0.4, -0.2) is 23.3 Å². The van der Waals surface area contributed by atoms with Gasteiger partial charge in [-0.3, -0.25) is 9.59 Å². The molecule has 2 amide bonds. The molecular formula is C21H20FN3O2S. The molecule has 1 aromatic heterocycles. The summed E-state index contributed by atoms with van der Waals surface area (Å²) in [5.41, 5.74) is 3.11. The summed E-state index contributed by atoms with van der Waals surface area (Å²) in [4.78, 5) is 29.5. The second-order valence-corrected chi connectivity index (χ2v) is 7.42. The summed E-state index contributed by atoms with van der Waals surface area (Å²) in [7, 11) is 0. The van der Waals surface area contributed by atoms with Crippen LogP contribution in [0.4, 0.5) is 10.1 Å². The zero-order chi connectivity index (χ0) is 20.1. The third kappa shape index (κ3) is 4.80. The van der Waals surface area contributed by atoms with Gasteiger partial charge in [0.25, 0.3) is 0 Å². The number of hydrogen-bond donors (Lipinski definition) is 2. The number of aromatic nitrogens is 1. The van der Waals surface area contributed by atoms with E-state index in [0.717, 1.165) is 21.1 Å². The van der Waals surface area contributed by atoms with Crippen molar-refractivity contribution in [3.63, 3.8) is 0 Å².